The first-order valence-corrected chi connectivity index (χ1v) is 5.67. The van der Waals surface area contributed by atoms with Gasteiger partial charge in [0.1, 0.15) is 5.69 Å². The molecule has 1 aromatic rings. The molecule has 92 valence electrons. The summed E-state index contributed by atoms with van der Waals surface area (Å²) in [7, 11) is 0. The van der Waals surface area contributed by atoms with Crippen LogP contribution in [0.25, 0.3) is 0 Å². The maximum Gasteiger partial charge on any atom is 0.319 e. The van der Waals surface area contributed by atoms with Crippen LogP contribution in [-0.4, -0.2) is 29.6 Å². The molecule has 4 N–H and O–H groups in total. The molecule has 0 spiro atoms. The summed E-state index contributed by atoms with van der Waals surface area (Å²) in [6.45, 7) is 1.89. The summed E-state index contributed by atoms with van der Waals surface area (Å²) >= 11 is 0. The van der Waals surface area contributed by atoms with Crippen molar-refractivity contribution >= 4 is 11.9 Å². The molecule has 0 atom stereocenters. The van der Waals surface area contributed by atoms with Crippen LogP contribution < -0.4 is 16.4 Å². The SMILES string of the molecule is NC(=O)NC(=O)c1cccn1C1CCNCC1. The zero-order valence-corrected chi connectivity index (χ0v) is 9.48. The summed E-state index contributed by atoms with van der Waals surface area (Å²) in [5.41, 5.74) is 5.42. The van der Waals surface area contributed by atoms with E-state index in [2.05, 4.69) is 10.6 Å². The fourth-order valence-electron chi connectivity index (χ4n) is 2.17. The van der Waals surface area contributed by atoms with E-state index in [0.717, 1.165) is 25.9 Å². The number of aromatic nitrogens is 1. The van der Waals surface area contributed by atoms with Crippen molar-refractivity contribution in [1.82, 2.24) is 15.2 Å². The summed E-state index contributed by atoms with van der Waals surface area (Å²) < 4.78 is 1.92. The molecule has 17 heavy (non-hydrogen) atoms. The van der Waals surface area contributed by atoms with Crippen molar-refractivity contribution in [2.45, 2.75) is 18.9 Å². The van der Waals surface area contributed by atoms with E-state index in [1.165, 1.54) is 0 Å². The van der Waals surface area contributed by atoms with Gasteiger partial charge in [-0.05, 0) is 38.1 Å². The summed E-state index contributed by atoms with van der Waals surface area (Å²) in [6.07, 6.45) is 3.82. The molecule has 1 saturated heterocycles. The molecule has 3 amide bonds. The van der Waals surface area contributed by atoms with Crippen LogP contribution in [0, 0.1) is 0 Å². The average Bonchev–Trinajstić information content (AvgIpc) is 2.78. The highest BCUT2D eigenvalue weighted by Crippen LogP contribution is 2.21. The number of hydrogen-bond acceptors (Lipinski definition) is 3. The number of urea groups is 1. The minimum absolute atomic E-state index is 0.305. The van der Waals surface area contributed by atoms with Crippen molar-refractivity contribution in [3.8, 4) is 0 Å². The van der Waals surface area contributed by atoms with Gasteiger partial charge in [-0.25, -0.2) is 4.79 Å². The Balaban J connectivity index is 2.15. The Morgan fingerprint density at radius 2 is 2.12 bits per heavy atom. The number of nitrogens with zero attached hydrogens (tertiary/aromatic N) is 1. The quantitative estimate of drug-likeness (QED) is 0.686. The number of nitrogens with one attached hydrogen (secondary N) is 2. The highest BCUT2D eigenvalue weighted by molar-refractivity contribution is 6.02. The van der Waals surface area contributed by atoms with E-state index in [-0.39, 0.29) is 0 Å². The van der Waals surface area contributed by atoms with Gasteiger partial charge in [0.15, 0.2) is 0 Å². The van der Waals surface area contributed by atoms with Crippen LogP contribution in [0.2, 0.25) is 0 Å². The Labute approximate surface area is 99.2 Å². The van der Waals surface area contributed by atoms with Gasteiger partial charge < -0.3 is 15.6 Å². The van der Waals surface area contributed by atoms with E-state index in [1.807, 2.05) is 10.8 Å². The minimum atomic E-state index is -0.826. The normalized spacial score (nSPS) is 16.7. The van der Waals surface area contributed by atoms with Gasteiger partial charge in [0, 0.05) is 12.2 Å². The third kappa shape index (κ3) is 2.65. The molecule has 1 aliphatic heterocycles. The van der Waals surface area contributed by atoms with Crippen LogP contribution in [0.4, 0.5) is 4.79 Å². The Bertz CT molecular complexity index is 421. The third-order valence-corrected chi connectivity index (χ3v) is 2.95. The van der Waals surface area contributed by atoms with Crippen LogP contribution in [0.3, 0.4) is 0 Å². The number of imide groups is 1. The molecule has 6 heteroatoms. The second-order valence-electron chi connectivity index (χ2n) is 4.10. The molecule has 0 aliphatic carbocycles. The number of hydrogen-bond donors (Lipinski definition) is 3. The lowest BCUT2D eigenvalue weighted by molar-refractivity contribution is 0.0953. The van der Waals surface area contributed by atoms with Crippen LogP contribution in [0.15, 0.2) is 18.3 Å². The zero-order valence-electron chi connectivity index (χ0n) is 9.48. The monoisotopic (exact) mass is 236 g/mol. The van der Waals surface area contributed by atoms with Crippen molar-refractivity contribution < 1.29 is 9.59 Å². The molecule has 6 nitrogen and oxygen atoms in total. The summed E-state index contributed by atoms with van der Waals surface area (Å²) in [6, 6.07) is 2.98. The average molecular weight is 236 g/mol. The predicted octanol–water partition coefficient (Wildman–Crippen LogP) is 0.221. The van der Waals surface area contributed by atoms with Gasteiger partial charge in [0.05, 0.1) is 0 Å². The van der Waals surface area contributed by atoms with Gasteiger partial charge in [0.2, 0.25) is 0 Å². The predicted molar refractivity (Wildman–Crippen MR) is 62.6 cm³/mol. The Kier molecular flexibility index (Phi) is 3.43. The van der Waals surface area contributed by atoms with Gasteiger partial charge in [-0.2, -0.15) is 0 Å². The molecule has 2 rings (SSSR count). The molecule has 2 heterocycles. The van der Waals surface area contributed by atoms with Crippen LogP contribution in [-0.2, 0) is 0 Å². The number of piperidine rings is 1. The van der Waals surface area contributed by atoms with E-state index in [4.69, 9.17) is 5.73 Å². The van der Waals surface area contributed by atoms with Crippen molar-refractivity contribution in [1.29, 1.82) is 0 Å². The van der Waals surface area contributed by atoms with E-state index >= 15 is 0 Å². The van der Waals surface area contributed by atoms with Gasteiger partial charge in [0.25, 0.3) is 5.91 Å². The lowest BCUT2D eigenvalue weighted by atomic mass is 10.1. The number of rotatable bonds is 2. The van der Waals surface area contributed by atoms with Crippen molar-refractivity contribution in [2.24, 2.45) is 5.73 Å². The minimum Gasteiger partial charge on any atom is -0.351 e. The second kappa shape index (κ2) is 5.01. The smallest absolute Gasteiger partial charge is 0.319 e. The standard InChI is InChI=1S/C11H16N4O2/c12-11(17)14-10(16)9-2-1-7-15(9)8-3-5-13-6-4-8/h1-2,7-8,13H,3-6H2,(H3,12,14,16,17). The third-order valence-electron chi connectivity index (χ3n) is 2.95. The maximum atomic E-state index is 11.7. The number of carbonyl (C=O) groups is 2. The molecule has 0 bridgehead atoms. The van der Waals surface area contributed by atoms with Gasteiger partial charge in [-0.3, -0.25) is 10.1 Å². The van der Waals surface area contributed by atoms with Crippen LogP contribution >= 0.6 is 0 Å². The Morgan fingerprint density at radius 3 is 2.76 bits per heavy atom. The van der Waals surface area contributed by atoms with E-state index < -0.39 is 11.9 Å². The molecule has 1 fully saturated rings. The molecule has 0 aromatic carbocycles. The maximum absolute atomic E-state index is 11.7. The number of nitrogens with two attached hydrogens (primary N) is 1. The molecular formula is C11H16N4O2. The molecule has 1 aromatic heterocycles. The molecule has 0 unspecified atom stereocenters. The van der Waals surface area contributed by atoms with Crippen LogP contribution in [0.5, 0.6) is 0 Å². The fourth-order valence-corrected chi connectivity index (χ4v) is 2.17. The number of amides is 3. The highest BCUT2D eigenvalue weighted by atomic mass is 16.2. The van der Waals surface area contributed by atoms with Crippen molar-refractivity contribution in [3.63, 3.8) is 0 Å². The summed E-state index contributed by atoms with van der Waals surface area (Å²) in [5.74, 6) is -0.443. The van der Waals surface area contributed by atoms with E-state index in [0.29, 0.717) is 11.7 Å². The molecule has 1 aliphatic rings. The summed E-state index contributed by atoms with van der Waals surface area (Å²) in [4.78, 5) is 22.4. The van der Waals surface area contributed by atoms with E-state index in [9.17, 15) is 9.59 Å². The topological polar surface area (TPSA) is 89.2 Å². The fraction of sp³-hybridized carbons (Fsp3) is 0.455. The first-order valence-electron chi connectivity index (χ1n) is 5.67. The van der Waals surface area contributed by atoms with Crippen molar-refractivity contribution in [2.75, 3.05) is 13.1 Å². The van der Waals surface area contributed by atoms with Crippen molar-refractivity contribution in [3.05, 3.63) is 24.0 Å². The zero-order chi connectivity index (χ0) is 12.3. The largest absolute Gasteiger partial charge is 0.351 e. The lowest BCUT2D eigenvalue weighted by Gasteiger charge is -2.25. The lowest BCUT2D eigenvalue weighted by Crippen LogP contribution is -2.37. The first-order chi connectivity index (χ1) is 8.18. The Morgan fingerprint density at radius 1 is 1.41 bits per heavy atom. The molecule has 0 radical (unpaired) electrons. The number of primary amides is 1. The van der Waals surface area contributed by atoms with Gasteiger partial charge >= 0.3 is 6.03 Å². The highest BCUT2D eigenvalue weighted by Gasteiger charge is 2.20. The van der Waals surface area contributed by atoms with Crippen LogP contribution in [0.1, 0.15) is 29.4 Å². The van der Waals surface area contributed by atoms with Gasteiger partial charge in [-0.15, -0.1) is 0 Å². The molecular weight excluding hydrogens is 220 g/mol. The van der Waals surface area contributed by atoms with E-state index in [1.54, 1.807) is 12.1 Å². The first kappa shape index (κ1) is 11.7. The molecule has 0 saturated carbocycles. The summed E-state index contributed by atoms with van der Waals surface area (Å²) in [5, 5.41) is 5.36. The number of carbonyl (C=O) groups excluding carboxylic acids is 2. The van der Waals surface area contributed by atoms with Gasteiger partial charge in [-0.1, -0.05) is 0 Å². The second-order valence-corrected chi connectivity index (χ2v) is 4.10. The Hall–Kier alpha value is -1.82.